The molecule has 0 unspecified atom stereocenters. The Balaban J connectivity index is 2.60. The Hall–Kier alpha value is -0.590. The molecule has 0 bridgehead atoms. The molecule has 4 nitrogen and oxygen atoms in total. The van der Waals surface area contributed by atoms with Gasteiger partial charge < -0.3 is 10.8 Å². The van der Waals surface area contributed by atoms with E-state index in [-0.39, 0.29) is 0 Å². The molecule has 1 aromatic rings. The highest BCUT2D eigenvalue weighted by molar-refractivity contribution is 9.10. The highest BCUT2D eigenvalue weighted by Crippen LogP contribution is 2.30. The van der Waals surface area contributed by atoms with Gasteiger partial charge in [0.2, 0.25) is 0 Å². The van der Waals surface area contributed by atoms with Crippen LogP contribution in [-0.4, -0.2) is 26.8 Å². The summed E-state index contributed by atoms with van der Waals surface area (Å²) in [7, 11) is 0. The molecule has 0 fully saturated rings. The van der Waals surface area contributed by atoms with Crippen molar-refractivity contribution >= 4 is 33.7 Å². The van der Waals surface area contributed by atoms with Gasteiger partial charge in [-0.15, -0.1) is 11.8 Å². The summed E-state index contributed by atoms with van der Waals surface area (Å²) in [6.45, 7) is 3.66. The molecule has 3 N–H and O–H groups in total. The van der Waals surface area contributed by atoms with Crippen molar-refractivity contribution in [2.75, 3.05) is 0 Å². The van der Waals surface area contributed by atoms with Crippen LogP contribution in [0.1, 0.15) is 19.5 Å². The van der Waals surface area contributed by atoms with Crippen LogP contribution in [-0.2, 0) is 10.5 Å². The van der Waals surface area contributed by atoms with Gasteiger partial charge >= 0.3 is 5.97 Å². The van der Waals surface area contributed by atoms with Crippen molar-refractivity contribution in [2.24, 2.45) is 5.73 Å². The first-order valence-corrected chi connectivity index (χ1v) is 6.83. The highest BCUT2D eigenvalue weighted by atomic mass is 79.9. The summed E-state index contributed by atoms with van der Waals surface area (Å²) in [6, 6.07) is 2.93. The summed E-state index contributed by atoms with van der Waals surface area (Å²) >= 11 is 4.80. The van der Waals surface area contributed by atoms with Gasteiger partial charge in [-0.2, -0.15) is 0 Å². The molecule has 1 rings (SSSR count). The van der Waals surface area contributed by atoms with Gasteiger partial charge in [0, 0.05) is 21.2 Å². The molecular formula is C11H15BrN2O2S. The average molecular weight is 319 g/mol. The Kier molecular flexibility index (Phi) is 4.97. The normalized spacial score (nSPS) is 13.4. The predicted molar refractivity (Wildman–Crippen MR) is 72.9 cm³/mol. The number of thioether (sulfide) groups is 1. The maximum Gasteiger partial charge on any atom is 0.321 e. The smallest absolute Gasteiger partial charge is 0.321 e. The molecule has 0 aliphatic carbocycles. The van der Waals surface area contributed by atoms with Crippen LogP contribution in [0.5, 0.6) is 0 Å². The van der Waals surface area contributed by atoms with Crippen molar-refractivity contribution in [1.29, 1.82) is 0 Å². The minimum Gasteiger partial charge on any atom is -0.480 e. The van der Waals surface area contributed by atoms with Crippen molar-refractivity contribution in [1.82, 2.24) is 4.98 Å². The van der Waals surface area contributed by atoms with E-state index in [9.17, 15) is 4.79 Å². The molecule has 0 amide bonds. The minimum atomic E-state index is -0.980. The number of carbonyl (C=O) groups is 1. The van der Waals surface area contributed by atoms with E-state index in [0.717, 1.165) is 10.2 Å². The number of hydrogen-bond acceptors (Lipinski definition) is 4. The largest absolute Gasteiger partial charge is 0.480 e. The summed E-state index contributed by atoms with van der Waals surface area (Å²) in [5, 5.41) is 8.89. The first kappa shape index (κ1) is 14.5. The second-order valence-corrected chi connectivity index (χ2v) is 6.72. The third kappa shape index (κ3) is 4.29. The molecule has 6 heteroatoms. The number of pyridine rings is 1. The number of rotatable bonds is 5. The molecule has 0 saturated heterocycles. The van der Waals surface area contributed by atoms with Crippen LogP contribution in [0.4, 0.5) is 0 Å². The lowest BCUT2D eigenvalue weighted by atomic mass is 10.1. The quantitative estimate of drug-likeness (QED) is 0.871. The van der Waals surface area contributed by atoms with Crippen LogP contribution in [0.25, 0.3) is 0 Å². The Morgan fingerprint density at radius 3 is 2.76 bits per heavy atom. The molecule has 0 saturated carbocycles. The molecule has 0 aliphatic heterocycles. The van der Waals surface area contributed by atoms with E-state index in [4.69, 9.17) is 10.8 Å². The molecule has 94 valence electrons. The van der Waals surface area contributed by atoms with Crippen LogP contribution >= 0.6 is 27.7 Å². The molecule has 1 atom stereocenters. The molecule has 0 spiro atoms. The Morgan fingerprint density at radius 2 is 2.29 bits per heavy atom. The van der Waals surface area contributed by atoms with E-state index in [0.29, 0.717) is 5.75 Å². The summed E-state index contributed by atoms with van der Waals surface area (Å²) in [5.41, 5.74) is 6.54. The molecular weight excluding hydrogens is 304 g/mol. The number of carboxylic acid groups (broad SMARTS) is 1. The standard InChI is InChI=1S/C11H15BrN2O2S/c1-11(2,9(13)10(15)16)17-6-8-4-3-7(12)5-14-8/h3-5,9H,6,13H2,1-2H3,(H,15,16)/t9-/m1/s1. The fraction of sp³-hybridized carbons (Fsp3) is 0.455. The van der Waals surface area contributed by atoms with Crippen molar-refractivity contribution in [3.63, 3.8) is 0 Å². The van der Waals surface area contributed by atoms with Crippen LogP contribution in [0.2, 0.25) is 0 Å². The Labute approximate surface area is 113 Å². The summed E-state index contributed by atoms with van der Waals surface area (Å²) < 4.78 is 0.397. The highest BCUT2D eigenvalue weighted by Gasteiger charge is 2.32. The molecule has 1 heterocycles. The van der Waals surface area contributed by atoms with E-state index in [2.05, 4.69) is 20.9 Å². The SMILES string of the molecule is CC(C)(SCc1ccc(Br)cn1)[C@H](N)C(=O)O. The number of carboxylic acids is 1. The number of hydrogen-bond donors (Lipinski definition) is 2. The molecule has 0 aromatic carbocycles. The zero-order valence-corrected chi connectivity index (χ0v) is 12.1. The molecule has 0 radical (unpaired) electrons. The van der Waals surface area contributed by atoms with Gasteiger partial charge in [0.25, 0.3) is 0 Å². The molecule has 1 aromatic heterocycles. The average Bonchev–Trinajstić information content (AvgIpc) is 2.27. The van der Waals surface area contributed by atoms with Gasteiger partial charge in [0.05, 0.1) is 5.69 Å². The van der Waals surface area contributed by atoms with Gasteiger partial charge in [-0.1, -0.05) is 0 Å². The van der Waals surface area contributed by atoms with E-state index in [1.165, 1.54) is 11.8 Å². The summed E-state index contributed by atoms with van der Waals surface area (Å²) in [4.78, 5) is 15.1. The van der Waals surface area contributed by atoms with Crippen molar-refractivity contribution in [3.05, 3.63) is 28.5 Å². The van der Waals surface area contributed by atoms with Crippen molar-refractivity contribution in [3.8, 4) is 0 Å². The zero-order chi connectivity index (χ0) is 13.1. The second kappa shape index (κ2) is 5.84. The third-order valence-corrected chi connectivity index (χ3v) is 4.30. The first-order chi connectivity index (χ1) is 7.83. The Morgan fingerprint density at radius 1 is 1.65 bits per heavy atom. The maximum atomic E-state index is 10.8. The fourth-order valence-corrected chi connectivity index (χ4v) is 2.34. The van der Waals surface area contributed by atoms with Gasteiger partial charge in [0.15, 0.2) is 0 Å². The third-order valence-electron chi connectivity index (χ3n) is 2.40. The van der Waals surface area contributed by atoms with Crippen LogP contribution in [0.3, 0.4) is 0 Å². The van der Waals surface area contributed by atoms with Crippen molar-refractivity contribution < 1.29 is 9.90 Å². The van der Waals surface area contributed by atoms with Gasteiger partial charge in [0.1, 0.15) is 6.04 Å². The molecule has 0 aliphatic rings. The van der Waals surface area contributed by atoms with E-state index >= 15 is 0 Å². The van der Waals surface area contributed by atoms with Crippen LogP contribution < -0.4 is 5.73 Å². The monoisotopic (exact) mass is 318 g/mol. The number of nitrogens with zero attached hydrogens (tertiary/aromatic N) is 1. The Bertz CT molecular complexity index is 395. The van der Waals surface area contributed by atoms with E-state index in [1.807, 2.05) is 26.0 Å². The second-order valence-electron chi connectivity index (χ2n) is 4.18. The minimum absolute atomic E-state index is 0.527. The number of nitrogens with two attached hydrogens (primary N) is 1. The van der Waals surface area contributed by atoms with E-state index < -0.39 is 16.8 Å². The first-order valence-electron chi connectivity index (χ1n) is 5.05. The van der Waals surface area contributed by atoms with Gasteiger partial charge in [-0.25, -0.2) is 0 Å². The number of aromatic nitrogens is 1. The molecule has 17 heavy (non-hydrogen) atoms. The lowest BCUT2D eigenvalue weighted by Crippen LogP contribution is -2.46. The summed E-state index contributed by atoms with van der Waals surface area (Å²) in [5.74, 6) is -0.340. The lowest BCUT2D eigenvalue weighted by Gasteiger charge is -2.27. The van der Waals surface area contributed by atoms with Gasteiger partial charge in [-0.05, 0) is 41.9 Å². The number of aliphatic carboxylic acids is 1. The van der Waals surface area contributed by atoms with Gasteiger partial charge in [-0.3, -0.25) is 9.78 Å². The van der Waals surface area contributed by atoms with Crippen molar-refractivity contribution in [2.45, 2.75) is 30.4 Å². The maximum absolute atomic E-state index is 10.8. The number of halogens is 1. The summed E-state index contributed by atoms with van der Waals surface area (Å²) in [6.07, 6.45) is 1.72. The van der Waals surface area contributed by atoms with Crippen LogP contribution in [0, 0.1) is 0 Å². The zero-order valence-electron chi connectivity index (χ0n) is 9.68. The predicted octanol–water partition coefficient (Wildman–Crippen LogP) is 2.27. The topological polar surface area (TPSA) is 76.2 Å². The lowest BCUT2D eigenvalue weighted by molar-refractivity contribution is -0.139. The fourth-order valence-electron chi connectivity index (χ4n) is 1.14. The van der Waals surface area contributed by atoms with E-state index in [1.54, 1.807) is 6.20 Å². The van der Waals surface area contributed by atoms with Crippen LogP contribution in [0.15, 0.2) is 22.8 Å².